The molecular weight excluding hydrogens is 350 g/mol. The van der Waals surface area contributed by atoms with Crippen LogP contribution in [0.15, 0.2) is 54.6 Å². The number of carbonyl (C=O) groups is 2. The molecule has 1 fully saturated rings. The van der Waals surface area contributed by atoms with Gasteiger partial charge in [0.1, 0.15) is 0 Å². The third-order valence-corrected chi connectivity index (χ3v) is 5.20. The number of hydrogen-bond donors (Lipinski definition) is 1. The summed E-state index contributed by atoms with van der Waals surface area (Å²) in [7, 11) is 0. The first-order chi connectivity index (χ1) is 12.6. The predicted molar refractivity (Wildman–Crippen MR) is 101 cm³/mol. The van der Waals surface area contributed by atoms with Crippen LogP contribution in [-0.2, 0) is 26.2 Å². The smallest absolute Gasteiger partial charge is 0.310 e. The first-order valence-corrected chi connectivity index (χ1v) is 9.17. The Labute approximate surface area is 158 Å². The Morgan fingerprint density at radius 1 is 1.04 bits per heavy atom. The summed E-state index contributed by atoms with van der Waals surface area (Å²) in [5, 5.41) is 3.53. The van der Waals surface area contributed by atoms with Crippen LogP contribution in [0.5, 0.6) is 0 Å². The van der Waals surface area contributed by atoms with Gasteiger partial charge >= 0.3 is 5.97 Å². The molecule has 136 valence electrons. The van der Waals surface area contributed by atoms with Crippen LogP contribution in [0.3, 0.4) is 0 Å². The van der Waals surface area contributed by atoms with Gasteiger partial charge < -0.3 is 10.1 Å². The molecule has 0 aromatic heterocycles. The average molecular weight is 372 g/mol. The van der Waals surface area contributed by atoms with Crippen molar-refractivity contribution in [2.24, 2.45) is 0 Å². The highest BCUT2D eigenvalue weighted by atomic mass is 35.5. The largest absolute Gasteiger partial charge is 0.455 e. The Morgan fingerprint density at radius 2 is 1.73 bits per heavy atom. The topological polar surface area (TPSA) is 55.4 Å². The van der Waals surface area contributed by atoms with E-state index in [4.69, 9.17) is 16.3 Å². The SMILES string of the molecule is O=C(COC(=O)Cc1ccc(Cl)cc1)NCC1(c2ccccc2)CCC1. The molecule has 0 radical (unpaired) electrons. The molecule has 0 aliphatic heterocycles. The summed E-state index contributed by atoms with van der Waals surface area (Å²) in [5.74, 6) is -0.694. The zero-order valence-electron chi connectivity index (χ0n) is 14.5. The molecule has 4 nitrogen and oxygen atoms in total. The van der Waals surface area contributed by atoms with Crippen molar-refractivity contribution in [3.05, 3.63) is 70.7 Å². The van der Waals surface area contributed by atoms with E-state index in [1.165, 1.54) is 12.0 Å². The standard InChI is InChI=1S/C21H22ClNO3/c22-18-9-7-16(8-10-18)13-20(25)26-14-19(24)23-15-21(11-4-12-21)17-5-2-1-3-6-17/h1-3,5-10H,4,11-15H2,(H,23,24). The van der Waals surface area contributed by atoms with Crippen LogP contribution in [0.4, 0.5) is 0 Å². The molecule has 2 aromatic rings. The lowest BCUT2D eigenvalue weighted by Crippen LogP contribution is -2.46. The second-order valence-electron chi connectivity index (χ2n) is 6.74. The molecule has 0 unspecified atom stereocenters. The maximum Gasteiger partial charge on any atom is 0.310 e. The molecule has 1 aliphatic rings. The van der Waals surface area contributed by atoms with Crippen LogP contribution in [0.25, 0.3) is 0 Å². The highest BCUT2D eigenvalue weighted by molar-refractivity contribution is 6.30. The summed E-state index contributed by atoms with van der Waals surface area (Å²) in [6.45, 7) is 0.321. The fourth-order valence-corrected chi connectivity index (χ4v) is 3.37. The van der Waals surface area contributed by atoms with Crippen LogP contribution in [0.2, 0.25) is 5.02 Å². The van der Waals surface area contributed by atoms with Crippen molar-refractivity contribution in [2.45, 2.75) is 31.1 Å². The maximum atomic E-state index is 12.1. The number of carbonyl (C=O) groups excluding carboxylic acids is 2. The fraction of sp³-hybridized carbons (Fsp3) is 0.333. The van der Waals surface area contributed by atoms with Gasteiger partial charge in [0.05, 0.1) is 6.42 Å². The quantitative estimate of drug-likeness (QED) is 0.755. The third-order valence-electron chi connectivity index (χ3n) is 4.95. The Morgan fingerprint density at radius 3 is 2.35 bits per heavy atom. The van der Waals surface area contributed by atoms with Crippen molar-refractivity contribution in [3.63, 3.8) is 0 Å². The molecule has 3 rings (SSSR count). The molecule has 2 aromatic carbocycles. The van der Waals surface area contributed by atoms with Crippen LogP contribution in [0, 0.1) is 0 Å². The minimum atomic E-state index is -0.427. The lowest BCUT2D eigenvalue weighted by molar-refractivity contribution is -0.148. The first kappa shape index (κ1) is 18.5. The summed E-state index contributed by atoms with van der Waals surface area (Å²) < 4.78 is 5.08. The normalized spacial score (nSPS) is 15.0. The van der Waals surface area contributed by atoms with E-state index >= 15 is 0 Å². The number of amides is 1. The van der Waals surface area contributed by atoms with Gasteiger partial charge in [-0.05, 0) is 36.1 Å². The monoisotopic (exact) mass is 371 g/mol. The van der Waals surface area contributed by atoms with E-state index in [1.54, 1.807) is 24.3 Å². The number of hydrogen-bond acceptors (Lipinski definition) is 3. The van der Waals surface area contributed by atoms with Gasteiger partial charge in [-0.2, -0.15) is 0 Å². The van der Waals surface area contributed by atoms with Crippen molar-refractivity contribution in [1.82, 2.24) is 5.32 Å². The summed E-state index contributed by atoms with van der Waals surface area (Å²) >= 11 is 5.81. The molecule has 0 saturated heterocycles. The summed E-state index contributed by atoms with van der Waals surface area (Å²) in [6, 6.07) is 17.2. The van der Waals surface area contributed by atoms with Crippen molar-refractivity contribution in [3.8, 4) is 0 Å². The number of esters is 1. The zero-order chi connectivity index (χ0) is 18.4. The predicted octanol–water partition coefficient (Wildman–Crippen LogP) is 3.66. The zero-order valence-corrected chi connectivity index (χ0v) is 15.3. The van der Waals surface area contributed by atoms with Gasteiger partial charge in [0.25, 0.3) is 5.91 Å². The maximum absolute atomic E-state index is 12.1. The molecule has 0 atom stereocenters. The molecule has 0 spiro atoms. The first-order valence-electron chi connectivity index (χ1n) is 8.80. The highest BCUT2D eigenvalue weighted by Gasteiger charge is 2.38. The minimum Gasteiger partial charge on any atom is -0.455 e. The van der Waals surface area contributed by atoms with Gasteiger partial charge in [0.2, 0.25) is 0 Å². The Hall–Kier alpha value is -2.33. The molecule has 0 bridgehead atoms. The molecule has 26 heavy (non-hydrogen) atoms. The van der Waals surface area contributed by atoms with E-state index in [1.807, 2.05) is 18.2 Å². The van der Waals surface area contributed by atoms with E-state index in [0.29, 0.717) is 11.6 Å². The molecule has 5 heteroatoms. The summed E-state index contributed by atoms with van der Waals surface area (Å²) in [4.78, 5) is 23.9. The van der Waals surface area contributed by atoms with Crippen molar-refractivity contribution < 1.29 is 14.3 Å². The molecule has 1 aliphatic carbocycles. The second-order valence-corrected chi connectivity index (χ2v) is 7.18. The summed E-state index contributed by atoms with van der Waals surface area (Å²) in [5.41, 5.74) is 2.08. The van der Waals surface area contributed by atoms with Crippen LogP contribution < -0.4 is 5.32 Å². The van der Waals surface area contributed by atoms with E-state index in [9.17, 15) is 9.59 Å². The van der Waals surface area contributed by atoms with Gasteiger partial charge in [0, 0.05) is 17.0 Å². The van der Waals surface area contributed by atoms with E-state index in [-0.39, 0.29) is 24.3 Å². The van der Waals surface area contributed by atoms with Crippen LogP contribution in [-0.4, -0.2) is 25.0 Å². The Balaban J connectivity index is 1.44. The van der Waals surface area contributed by atoms with E-state index < -0.39 is 5.97 Å². The van der Waals surface area contributed by atoms with Gasteiger partial charge in [-0.3, -0.25) is 9.59 Å². The van der Waals surface area contributed by atoms with Crippen molar-refractivity contribution >= 4 is 23.5 Å². The number of halogens is 1. The van der Waals surface area contributed by atoms with Crippen molar-refractivity contribution in [1.29, 1.82) is 0 Å². The Bertz CT molecular complexity index is 755. The highest BCUT2D eigenvalue weighted by Crippen LogP contribution is 2.43. The molecule has 0 heterocycles. The molecule has 1 amide bonds. The number of ether oxygens (including phenoxy) is 1. The fourth-order valence-electron chi connectivity index (χ4n) is 3.25. The third kappa shape index (κ3) is 4.64. The van der Waals surface area contributed by atoms with Gasteiger partial charge in [-0.25, -0.2) is 0 Å². The van der Waals surface area contributed by atoms with Gasteiger partial charge in [0.15, 0.2) is 6.61 Å². The number of rotatable bonds is 7. The molecular formula is C21H22ClNO3. The van der Waals surface area contributed by atoms with E-state index in [0.717, 1.165) is 18.4 Å². The number of benzene rings is 2. The lowest BCUT2D eigenvalue weighted by atomic mass is 9.64. The van der Waals surface area contributed by atoms with E-state index in [2.05, 4.69) is 17.4 Å². The minimum absolute atomic E-state index is 0.0181. The van der Waals surface area contributed by atoms with Crippen LogP contribution in [0.1, 0.15) is 30.4 Å². The van der Waals surface area contributed by atoms with Crippen LogP contribution >= 0.6 is 11.6 Å². The lowest BCUT2D eigenvalue weighted by Gasteiger charge is -2.42. The molecule has 1 N–H and O–H groups in total. The average Bonchev–Trinajstić information content (AvgIpc) is 2.62. The van der Waals surface area contributed by atoms with Crippen molar-refractivity contribution in [2.75, 3.05) is 13.2 Å². The van der Waals surface area contributed by atoms with Gasteiger partial charge in [-0.1, -0.05) is 60.5 Å². The van der Waals surface area contributed by atoms with Gasteiger partial charge in [-0.15, -0.1) is 0 Å². The second kappa shape index (κ2) is 8.37. The molecule has 1 saturated carbocycles. The number of nitrogens with one attached hydrogen (secondary N) is 1. The Kier molecular flexibility index (Phi) is 5.94. The summed E-state index contributed by atoms with van der Waals surface area (Å²) in [6.07, 6.45) is 3.42.